The van der Waals surface area contributed by atoms with Gasteiger partial charge in [-0.25, -0.2) is 4.79 Å². The lowest BCUT2D eigenvalue weighted by molar-refractivity contribution is -0.131. The zero-order valence-corrected chi connectivity index (χ0v) is 18.3. The number of aromatic amines is 1. The van der Waals surface area contributed by atoms with Crippen LogP contribution in [0.1, 0.15) is 18.1 Å². The van der Waals surface area contributed by atoms with Crippen LogP contribution in [-0.2, 0) is 18.4 Å². The highest BCUT2D eigenvalue weighted by atomic mass is 16.5. The van der Waals surface area contributed by atoms with E-state index in [1.54, 1.807) is 30.3 Å². The molecule has 5 rings (SSSR count). The minimum atomic E-state index is -0.662. The van der Waals surface area contributed by atoms with Crippen LogP contribution in [0.4, 0.5) is 0 Å². The molecule has 0 aliphatic rings. The molecule has 10 heteroatoms. The molecule has 0 saturated heterocycles. The summed E-state index contributed by atoms with van der Waals surface area (Å²) in [6.07, 6.45) is 1.54. The topological polar surface area (TPSA) is 120 Å². The lowest BCUT2D eigenvalue weighted by Gasteiger charge is -2.04. The lowest BCUT2D eigenvalue weighted by atomic mass is 10.2. The van der Waals surface area contributed by atoms with Crippen LogP contribution in [0.25, 0.3) is 23.0 Å². The fraction of sp³-hybridized carbons (Fsp3) is 0.125. The number of esters is 1. The van der Waals surface area contributed by atoms with Crippen molar-refractivity contribution >= 4 is 29.0 Å². The molecule has 0 atom stereocenters. The van der Waals surface area contributed by atoms with E-state index in [1.807, 2.05) is 30.3 Å². The monoisotopic (exact) mass is 457 g/mol. The molecule has 0 amide bonds. The number of ether oxygens (including phenoxy) is 1. The number of H-pyrrole nitrogens is 1. The number of hydrogen-bond acceptors (Lipinski definition) is 6. The van der Waals surface area contributed by atoms with Gasteiger partial charge in [0.1, 0.15) is 11.1 Å². The molecule has 0 fully saturated rings. The number of aryl methyl sites for hydroxylation is 1. The van der Waals surface area contributed by atoms with E-state index >= 15 is 0 Å². The standard InChI is InChI=1S/C24H19N5O5/c1-14(30)34-18-11-7-6-10-16(18)12-17-22(32)28(13-15-8-4-3-5-9-15)23-25-20-19(29(17)23)21(31)26-24(33)27(20)2/h3-12H,13H2,1-2H3,(H,26,31,33). The van der Waals surface area contributed by atoms with E-state index in [-0.39, 0.29) is 40.1 Å². The minimum absolute atomic E-state index is 0.0669. The molecule has 0 radical (unpaired) electrons. The molecule has 0 unspecified atom stereocenters. The van der Waals surface area contributed by atoms with Crippen molar-refractivity contribution in [2.45, 2.75) is 13.5 Å². The van der Waals surface area contributed by atoms with Gasteiger partial charge in [0.25, 0.3) is 11.1 Å². The molecular weight excluding hydrogens is 438 g/mol. The Morgan fingerprint density at radius 2 is 1.76 bits per heavy atom. The van der Waals surface area contributed by atoms with Crippen LogP contribution >= 0.6 is 0 Å². The Balaban J connectivity index is 1.91. The maximum Gasteiger partial charge on any atom is 0.329 e. The summed E-state index contributed by atoms with van der Waals surface area (Å²) >= 11 is 0. The second-order valence-electron chi connectivity index (χ2n) is 7.78. The summed E-state index contributed by atoms with van der Waals surface area (Å²) in [6, 6.07) is 16.1. The third kappa shape index (κ3) is 3.41. The Hall–Kier alpha value is -4.73. The Morgan fingerprint density at radius 3 is 2.50 bits per heavy atom. The number of benzene rings is 2. The van der Waals surface area contributed by atoms with Crippen LogP contribution in [0.15, 0.2) is 69.0 Å². The van der Waals surface area contributed by atoms with Crippen molar-refractivity contribution in [3.8, 4) is 5.75 Å². The summed E-state index contributed by atoms with van der Waals surface area (Å²) < 4.78 is 9.38. The highest BCUT2D eigenvalue weighted by Crippen LogP contribution is 2.19. The maximum absolute atomic E-state index is 13.6. The Bertz CT molecular complexity index is 1810. The first-order valence-electron chi connectivity index (χ1n) is 10.4. The molecule has 0 bridgehead atoms. The number of imidazole rings is 2. The van der Waals surface area contributed by atoms with Crippen molar-refractivity contribution in [2.24, 2.45) is 7.05 Å². The average Bonchev–Trinajstić information content (AvgIpc) is 3.31. The van der Waals surface area contributed by atoms with E-state index in [4.69, 9.17) is 4.74 Å². The van der Waals surface area contributed by atoms with Gasteiger partial charge >= 0.3 is 11.7 Å². The molecule has 34 heavy (non-hydrogen) atoms. The average molecular weight is 457 g/mol. The van der Waals surface area contributed by atoms with Gasteiger partial charge in [-0.3, -0.25) is 32.9 Å². The highest BCUT2D eigenvalue weighted by molar-refractivity contribution is 5.76. The molecule has 0 spiro atoms. The molecule has 2 aromatic carbocycles. The van der Waals surface area contributed by atoms with Gasteiger partial charge in [-0.15, -0.1) is 0 Å². The summed E-state index contributed by atoms with van der Waals surface area (Å²) in [5.74, 6) is -0.0228. The summed E-state index contributed by atoms with van der Waals surface area (Å²) in [5, 5.41) is 0.136. The van der Waals surface area contributed by atoms with E-state index in [0.717, 1.165) is 5.56 Å². The number of rotatable bonds is 4. The van der Waals surface area contributed by atoms with Gasteiger partial charge in [0.2, 0.25) is 5.78 Å². The van der Waals surface area contributed by atoms with Crippen molar-refractivity contribution in [3.63, 3.8) is 0 Å². The van der Waals surface area contributed by atoms with E-state index in [9.17, 15) is 19.2 Å². The number of para-hydroxylation sites is 1. The van der Waals surface area contributed by atoms with Gasteiger partial charge in [0, 0.05) is 19.5 Å². The van der Waals surface area contributed by atoms with Gasteiger partial charge in [0.15, 0.2) is 11.2 Å². The minimum Gasteiger partial charge on any atom is -0.426 e. The normalized spacial score (nSPS) is 12.0. The molecule has 0 aliphatic heterocycles. The number of fused-ring (bicyclic) bond motifs is 3. The van der Waals surface area contributed by atoms with E-state index in [0.29, 0.717) is 5.56 Å². The fourth-order valence-electron chi connectivity index (χ4n) is 3.93. The van der Waals surface area contributed by atoms with Gasteiger partial charge in [0.05, 0.1) is 6.54 Å². The molecule has 3 aromatic heterocycles. The van der Waals surface area contributed by atoms with Crippen LogP contribution in [0.3, 0.4) is 0 Å². The quantitative estimate of drug-likeness (QED) is 0.311. The molecule has 170 valence electrons. The first-order chi connectivity index (χ1) is 16.3. The van der Waals surface area contributed by atoms with Crippen LogP contribution in [0.2, 0.25) is 0 Å². The summed E-state index contributed by atoms with van der Waals surface area (Å²) in [6.45, 7) is 1.49. The molecule has 5 aromatic rings. The largest absolute Gasteiger partial charge is 0.426 e. The van der Waals surface area contributed by atoms with Gasteiger partial charge in [-0.2, -0.15) is 4.98 Å². The second-order valence-corrected chi connectivity index (χ2v) is 7.78. The number of nitrogens with zero attached hydrogens (tertiary/aromatic N) is 4. The van der Waals surface area contributed by atoms with Crippen LogP contribution in [0.5, 0.6) is 5.75 Å². The van der Waals surface area contributed by atoms with E-state index in [2.05, 4.69) is 9.97 Å². The number of carbonyl (C=O) groups excluding carboxylic acids is 1. The fourth-order valence-corrected chi connectivity index (χ4v) is 3.93. The van der Waals surface area contributed by atoms with Gasteiger partial charge in [-0.05, 0) is 17.7 Å². The SMILES string of the molecule is CC(=O)Oc1ccccc1C=c1c(=O)n(Cc2ccccc2)c2nc3c(c(=O)[nH]c(=O)n3C)n12. The summed E-state index contributed by atoms with van der Waals surface area (Å²) in [4.78, 5) is 56.8. The molecule has 0 saturated carbocycles. The zero-order chi connectivity index (χ0) is 24.0. The van der Waals surface area contributed by atoms with Crippen molar-refractivity contribution in [3.05, 3.63) is 102 Å². The molecule has 10 nitrogen and oxygen atoms in total. The number of aromatic nitrogens is 5. The molecule has 3 heterocycles. The predicted octanol–water partition coefficient (Wildman–Crippen LogP) is 0.557. The number of carbonyl (C=O) groups is 1. The van der Waals surface area contributed by atoms with Gasteiger partial charge in [-0.1, -0.05) is 48.5 Å². The number of nitrogens with one attached hydrogen (secondary N) is 1. The summed E-state index contributed by atoms with van der Waals surface area (Å²) in [5.41, 5.74) is -0.119. The third-order valence-electron chi connectivity index (χ3n) is 5.49. The Labute approximate surface area is 191 Å². The molecule has 0 aliphatic carbocycles. The van der Waals surface area contributed by atoms with Crippen molar-refractivity contribution in [2.75, 3.05) is 0 Å². The maximum atomic E-state index is 13.6. The van der Waals surface area contributed by atoms with E-state index < -0.39 is 17.2 Å². The zero-order valence-electron chi connectivity index (χ0n) is 18.3. The highest BCUT2D eigenvalue weighted by Gasteiger charge is 2.21. The van der Waals surface area contributed by atoms with Crippen LogP contribution in [-0.4, -0.2) is 29.5 Å². The van der Waals surface area contributed by atoms with Crippen molar-refractivity contribution in [1.82, 2.24) is 23.5 Å². The van der Waals surface area contributed by atoms with E-state index in [1.165, 1.54) is 27.5 Å². The predicted molar refractivity (Wildman–Crippen MR) is 125 cm³/mol. The van der Waals surface area contributed by atoms with Crippen LogP contribution in [0, 0.1) is 0 Å². The van der Waals surface area contributed by atoms with Crippen LogP contribution < -0.4 is 26.9 Å². The molecule has 1 N–H and O–H groups in total. The summed E-state index contributed by atoms with van der Waals surface area (Å²) in [7, 11) is 1.49. The second kappa shape index (κ2) is 8.00. The Morgan fingerprint density at radius 1 is 1.06 bits per heavy atom. The Kier molecular flexibility index (Phi) is 4.97. The third-order valence-corrected chi connectivity index (χ3v) is 5.49. The lowest BCUT2D eigenvalue weighted by Crippen LogP contribution is -2.34. The molecular formula is C24H19N5O5. The number of hydrogen-bond donors (Lipinski definition) is 1. The van der Waals surface area contributed by atoms with Crippen molar-refractivity contribution in [1.29, 1.82) is 0 Å². The van der Waals surface area contributed by atoms with Crippen molar-refractivity contribution < 1.29 is 9.53 Å². The first kappa shape index (κ1) is 21.1. The smallest absolute Gasteiger partial charge is 0.329 e. The first-order valence-corrected chi connectivity index (χ1v) is 10.4. The van der Waals surface area contributed by atoms with Gasteiger partial charge < -0.3 is 4.74 Å².